The molecule has 2 aromatic carbocycles. The van der Waals surface area contributed by atoms with Crippen molar-refractivity contribution >= 4 is 29.2 Å². The minimum Gasteiger partial charge on any atom is -0.868 e. The van der Waals surface area contributed by atoms with Gasteiger partial charge in [-0.3, -0.25) is 15.5 Å². The highest BCUT2D eigenvalue weighted by Crippen LogP contribution is 2.22. The molecule has 0 saturated carbocycles. The van der Waals surface area contributed by atoms with E-state index in [2.05, 4.69) is 15.8 Å². The lowest BCUT2D eigenvalue weighted by molar-refractivity contribution is -0.398. The van der Waals surface area contributed by atoms with E-state index in [-0.39, 0.29) is 0 Å². The summed E-state index contributed by atoms with van der Waals surface area (Å²) in [6.45, 7) is 0.502. The minimum absolute atomic E-state index is 0.294. The van der Waals surface area contributed by atoms with Gasteiger partial charge in [-0.1, -0.05) is 24.3 Å². The molecule has 0 spiro atoms. The van der Waals surface area contributed by atoms with E-state index in [9.17, 15) is 15.2 Å². The predicted molar refractivity (Wildman–Crippen MR) is 95.7 cm³/mol. The van der Waals surface area contributed by atoms with E-state index in [0.29, 0.717) is 17.2 Å². The largest absolute Gasteiger partial charge is 0.868 e. The van der Waals surface area contributed by atoms with Crippen molar-refractivity contribution in [2.24, 2.45) is 5.10 Å². The number of nitrogens with zero attached hydrogens (tertiary/aromatic N) is 2. The van der Waals surface area contributed by atoms with Gasteiger partial charge in [0.2, 0.25) is 0 Å². The number of thiocarbonyl (C=S) groups is 1. The van der Waals surface area contributed by atoms with Crippen LogP contribution in [0, 0.1) is 10.1 Å². The maximum Gasteiger partial charge on any atom is 0.262 e. The minimum atomic E-state index is -0.728. The molecule has 0 aliphatic rings. The monoisotopic (exact) mass is 359 g/mol. The quantitative estimate of drug-likeness (QED) is 0.349. The summed E-state index contributed by atoms with van der Waals surface area (Å²) in [6, 6.07) is 11.2. The number of methoxy groups -OCH3 is 1. The molecule has 2 aromatic rings. The Morgan fingerprint density at radius 3 is 2.68 bits per heavy atom. The molecule has 0 aliphatic heterocycles. The van der Waals surface area contributed by atoms with Crippen LogP contribution in [0.15, 0.2) is 47.6 Å². The first-order valence-electron chi connectivity index (χ1n) is 7.15. The first kappa shape index (κ1) is 18.1. The molecule has 9 heteroatoms. The molecule has 8 nitrogen and oxygen atoms in total. The van der Waals surface area contributed by atoms with Crippen LogP contribution in [0.1, 0.15) is 11.1 Å². The number of rotatable bonds is 6. The van der Waals surface area contributed by atoms with Crippen LogP contribution in [0.2, 0.25) is 0 Å². The van der Waals surface area contributed by atoms with Crippen LogP contribution in [-0.2, 0) is 6.54 Å². The number of hydrazone groups is 1. The Bertz CT molecular complexity index is 793. The second-order valence-electron chi connectivity index (χ2n) is 4.89. The summed E-state index contributed by atoms with van der Waals surface area (Å²) < 4.78 is 5.08. The number of nitro groups is 1. The Kier molecular flexibility index (Phi) is 6.24. The third kappa shape index (κ3) is 5.43. The number of benzene rings is 2. The normalized spacial score (nSPS) is 10.4. The molecule has 0 bridgehead atoms. The first-order valence-corrected chi connectivity index (χ1v) is 7.55. The zero-order valence-electron chi connectivity index (χ0n) is 13.3. The number of ether oxygens (including phenoxy) is 1. The molecule has 0 radical (unpaired) electrons. The number of hydrogen-bond donors (Lipinski definition) is 2. The van der Waals surface area contributed by atoms with Crippen LogP contribution in [0.3, 0.4) is 0 Å². The van der Waals surface area contributed by atoms with Crippen molar-refractivity contribution in [2.75, 3.05) is 7.11 Å². The highest BCUT2D eigenvalue weighted by atomic mass is 32.1. The van der Waals surface area contributed by atoms with Crippen LogP contribution in [0.25, 0.3) is 0 Å². The molecule has 130 valence electrons. The van der Waals surface area contributed by atoms with Gasteiger partial charge < -0.3 is 15.2 Å². The fraction of sp³-hybridized carbons (Fsp3) is 0.125. The molecule has 0 aliphatic carbocycles. The van der Waals surface area contributed by atoms with E-state index in [0.717, 1.165) is 23.4 Å². The van der Waals surface area contributed by atoms with E-state index in [4.69, 9.17) is 17.0 Å². The van der Waals surface area contributed by atoms with Gasteiger partial charge in [0, 0.05) is 18.2 Å². The Morgan fingerprint density at radius 1 is 1.32 bits per heavy atom. The zero-order valence-corrected chi connectivity index (χ0v) is 14.1. The maximum atomic E-state index is 11.3. The van der Waals surface area contributed by atoms with Gasteiger partial charge in [-0.25, -0.2) is 0 Å². The number of nitrogens with one attached hydrogen (secondary N) is 2. The van der Waals surface area contributed by atoms with Gasteiger partial charge in [-0.05, 0) is 35.7 Å². The van der Waals surface area contributed by atoms with Gasteiger partial charge in [-0.2, -0.15) is 5.10 Å². The molecule has 0 amide bonds. The molecular formula is C16H15N4O4S-. The van der Waals surface area contributed by atoms with Crippen molar-refractivity contribution in [3.05, 3.63) is 63.7 Å². The van der Waals surface area contributed by atoms with Crippen molar-refractivity contribution in [3.8, 4) is 11.5 Å². The number of hydrogen-bond acceptors (Lipinski definition) is 6. The van der Waals surface area contributed by atoms with Gasteiger partial charge in [0.05, 0.1) is 18.2 Å². The van der Waals surface area contributed by atoms with Gasteiger partial charge in [0.1, 0.15) is 5.75 Å². The van der Waals surface area contributed by atoms with E-state index < -0.39 is 16.4 Å². The lowest BCUT2D eigenvalue weighted by atomic mass is 10.2. The summed E-state index contributed by atoms with van der Waals surface area (Å²) in [4.78, 5) is 9.99. The standard InChI is InChI=1S/C16H16N4O4S/c1-24-13-5-2-11(3-6-13)9-17-16(25)19-18-10-12-4-7-15(21)14(8-12)20(22)23/h2-8,10,21H,9H2,1H3,(H2,17,19,25)/p-1/b18-10-. The lowest BCUT2D eigenvalue weighted by Gasteiger charge is -2.08. The van der Waals surface area contributed by atoms with Crippen molar-refractivity contribution in [1.29, 1.82) is 0 Å². The summed E-state index contributed by atoms with van der Waals surface area (Å²) in [5.74, 6) is 0.124. The summed E-state index contributed by atoms with van der Waals surface area (Å²) in [7, 11) is 1.60. The summed E-state index contributed by atoms with van der Waals surface area (Å²) in [6.07, 6.45) is 1.34. The van der Waals surface area contributed by atoms with Gasteiger partial charge in [-0.15, -0.1) is 0 Å². The molecule has 0 fully saturated rings. The zero-order chi connectivity index (χ0) is 18.2. The van der Waals surface area contributed by atoms with Crippen molar-refractivity contribution < 1.29 is 14.8 Å². The average molecular weight is 359 g/mol. The lowest BCUT2D eigenvalue weighted by Crippen LogP contribution is -2.31. The fourth-order valence-corrected chi connectivity index (χ4v) is 2.01. The van der Waals surface area contributed by atoms with Crippen LogP contribution >= 0.6 is 12.2 Å². The van der Waals surface area contributed by atoms with Gasteiger partial charge in [0.15, 0.2) is 5.11 Å². The molecular weight excluding hydrogens is 344 g/mol. The molecule has 2 rings (SSSR count). The average Bonchev–Trinajstić information content (AvgIpc) is 2.61. The highest BCUT2D eigenvalue weighted by Gasteiger charge is 2.06. The summed E-state index contributed by atoms with van der Waals surface area (Å²) in [5, 5.41) is 29.2. The van der Waals surface area contributed by atoms with E-state index in [1.807, 2.05) is 24.3 Å². The van der Waals surface area contributed by atoms with Crippen LogP contribution in [-0.4, -0.2) is 23.4 Å². The van der Waals surface area contributed by atoms with Gasteiger partial charge in [0.25, 0.3) is 5.69 Å². The molecule has 0 atom stereocenters. The molecule has 0 saturated heterocycles. The van der Waals surface area contributed by atoms with Crippen LogP contribution in [0.4, 0.5) is 5.69 Å². The summed E-state index contributed by atoms with van der Waals surface area (Å²) in [5.41, 5.74) is 3.53. The van der Waals surface area contributed by atoms with Crippen molar-refractivity contribution in [1.82, 2.24) is 10.7 Å². The summed E-state index contributed by atoms with van der Waals surface area (Å²) >= 11 is 5.09. The Balaban J connectivity index is 1.85. The van der Waals surface area contributed by atoms with E-state index in [1.165, 1.54) is 12.3 Å². The van der Waals surface area contributed by atoms with Crippen LogP contribution in [0.5, 0.6) is 11.5 Å². The van der Waals surface area contributed by atoms with E-state index >= 15 is 0 Å². The highest BCUT2D eigenvalue weighted by molar-refractivity contribution is 7.80. The second kappa shape index (κ2) is 8.60. The smallest absolute Gasteiger partial charge is 0.262 e. The molecule has 2 N–H and O–H groups in total. The molecule has 25 heavy (non-hydrogen) atoms. The molecule has 0 unspecified atom stereocenters. The first-order chi connectivity index (χ1) is 12.0. The maximum absolute atomic E-state index is 11.3. The molecule has 0 heterocycles. The Morgan fingerprint density at radius 2 is 2.04 bits per heavy atom. The number of nitro benzene ring substituents is 1. The third-order valence-corrected chi connectivity index (χ3v) is 3.41. The predicted octanol–water partition coefficient (Wildman–Crippen LogP) is 1.68. The van der Waals surface area contributed by atoms with Crippen LogP contribution < -0.4 is 20.6 Å². The SMILES string of the molecule is COc1ccc(CNC(=S)N/N=C\c2ccc([O-])c([N+](=O)[O-])c2)cc1. The Labute approximate surface area is 149 Å². The molecule has 0 aromatic heterocycles. The Hall–Kier alpha value is -3.20. The van der Waals surface area contributed by atoms with Crippen molar-refractivity contribution in [3.63, 3.8) is 0 Å². The van der Waals surface area contributed by atoms with Crippen molar-refractivity contribution in [2.45, 2.75) is 6.54 Å². The topological polar surface area (TPSA) is 112 Å². The third-order valence-electron chi connectivity index (χ3n) is 3.17. The fourth-order valence-electron chi connectivity index (χ4n) is 1.89. The van der Waals surface area contributed by atoms with E-state index in [1.54, 1.807) is 7.11 Å². The second-order valence-corrected chi connectivity index (χ2v) is 5.29. The van der Waals surface area contributed by atoms with Gasteiger partial charge >= 0.3 is 0 Å².